The lowest BCUT2D eigenvalue weighted by Crippen LogP contribution is -2.01. The number of unbranched alkanes of at least 4 members (excludes halogenated alkanes) is 2. The summed E-state index contributed by atoms with van der Waals surface area (Å²) in [5.74, 6) is -0.895. The van der Waals surface area contributed by atoms with Gasteiger partial charge >= 0.3 is 6.18 Å². The third-order valence-corrected chi connectivity index (χ3v) is 5.05. The molecule has 33 heavy (non-hydrogen) atoms. The molecule has 7 heteroatoms. The molecule has 0 spiro atoms. The van der Waals surface area contributed by atoms with Gasteiger partial charge in [0.25, 0.3) is 0 Å². The molecule has 0 saturated carbocycles. The Morgan fingerprint density at radius 1 is 0.727 bits per heavy atom. The summed E-state index contributed by atoms with van der Waals surface area (Å²) in [6, 6.07) is 9.00. The summed E-state index contributed by atoms with van der Waals surface area (Å²) >= 11 is 0. The fraction of sp³-hybridized carbons (Fsp3) is 0.231. The quantitative estimate of drug-likeness (QED) is 0.196. The third kappa shape index (κ3) is 6.16. The second-order valence-electron chi connectivity index (χ2n) is 7.53. The van der Waals surface area contributed by atoms with Gasteiger partial charge in [-0.2, -0.15) is 13.2 Å². The van der Waals surface area contributed by atoms with E-state index in [1.165, 1.54) is 30.3 Å². The summed E-state index contributed by atoms with van der Waals surface area (Å²) < 4.78 is 94.7. The van der Waals surface area contributed by atoms with Crippen LogP contribution >= 0.6 is 0 Å². The molecule has 0 radical (unpaired) electrons. The normalized spacial score (nSPS) is 11.3. The molecule has 0 aliphatic carbocycles. The highest BCUT2D eigenvalue weighted by Crippen LogP contribution is 2.32. The molecule has 0 atom stereocenters. The van der Waals surface area contributed by atoms with E-state index in [1.54, 1.807) is 5.92 Å². The highest BCUT2D eigenvalue weighted by atomic mass is 19.4. The van der Waals surface area contributed by atoms with Crippen molar-refractivity contribution in [3.8, 4) is 34.1 Å². The minimum Gasteiger partial charge on any atom is -0.206 e. The van der Waals surface area contributed by atoms with Crippen LogP contribution in [0.4, 0.5) is 30.7 Å². The van der Waals surface area contributed by atoms with Crippen molar-refractivity contribution in [3.05, 3.63) is 82.9 Å². The first-order chi connectivity index (χ1) is 15.6. The summed E-state index contributed by atoms with van der Waals surface area (Å²) in [6.45, 7) is 2.02. The van der Waals surface area contributed by atoms with Crippen LogP contribution in [-0.4, -0.2) is 6.18 Å². The summed E-state index contributed by atoms with van der Waals surface area (Å²) in [5.41, 5.74) is -0.408. The van der Waals surface area contributed by atoms with Crippen molar-refractivity contribution in [1.29, 1.82) is 0 Å². The summed E-state index contributed by atoms with van der Waals surface area (Å²) in [7, 11) is 0. The Labute approximate surface area is 187 Å². The second kappa shape index (κ2) is 10.1. The SMILES string of the molecule is CCCCCc1cc(F)c(-c2ccc(-c3ccc(C#CC(F)(F)F)c(F)c3)c(F)c2)c(F)c1. The van der Waals surface area contributed by atoms with Gasteiger partial charge in [0.15, 0.2) is 0 Å². The molecule has 3 aromatic rings. The second-order valence-corrected chi connectivity index (χ2v) is 7.53. The Bertz CT molecular complexity index is 1190. The monoisotopic (exact) mass is 464 g/mol. The summed E-state index contributed by atoms with van der Waals surface area (Å²) in [5, 5.41) is 0. The molecule has 0 aromatic heterocycles. The Kier molecular flexibility index (Phi) is 7.47. The van der Waals surface area contributed by atoms with Gasteiger partial charge in [0, 0.05) is 11.5 Å². The number of halogens is 7. The number of hydrogen-bond acceptors (Lipinski definition) is 0. The van der Waals surface area contributed by atoms with Crippen molar-refractivity contribution in [2.75, 3.05) is 0 Å². The summed E-state index contributed by atoms with van der Waals surface area (Å²) in [4.78, 5) is 0. The van der Waals surface area contributed by atoms with Crippen LogP contribution in [0.1, 0.15) is 37.3 Å². The van der Waals surface area contributed by atoms with Crippen LogP contribution in [0.3, 0.4) is 0 Å². The van der Waals surface area contributed by atoms with Crippen LogP contribution in [0.2, 0.25) is 0 Å². The smallest absolute Gasteiger partial charge is 0.206 e. The van der Waals surface area contributed by atoms with E-state index in [0.29, 0.717) is 12.0 Å². The van der Waals surface area contributed by atoms with Crippen molar-refractivity contribution < 1.29 is 30.7 Å². The lowest BCUT2D eigenvalue weighted by Gasteiger charge is -2.11. The predicted molar refractivity (Wildman–Crippen MR) is 113 cm³/mol. The molecular formula is C26H19F7. The highest BCUT2D eigenvalue weighted by Gasteiger charge is 2.23. The predicted octanol–water partition coefficient (Wildman–Crippen LogP) is 8.22. The average molecular weight is 464 g/mol. The van der Waals surface area contributed by atoms with Crippen molar-refractivity contribution in [3.63, 3.8) is 0 Å². The molecule has 0 heterocycles. The molecule has 3 aromatic carbocycles. The molecule has 0 amide bonds. The largest absolute Gasteiger partial charge is 0.458 e. The Hall–Kier alpha value is -3.27. The zero-order valence-electron chi connectivity index (χ0n) is 17.6. The van der Waals surface area contributed by atoms with Gasteiger partial charge < -0.3 is 0 Å². The van der Waals surface area contributed by atoms with Crippen molar-refractivity contribution in [2.24, 2.45) is 0 Å². The van der Waals surface area contributed by atoms with E-state index in [0.717, 1.165) is 43.4 Å². The molecule has 0 unspecified atom stereocenters. The zero-order chi connectivity index (χ0) is 24.2. The minimum atomic E-state index is -4.77. The maximum Gasteiger partial charge on any atom is 0.458 e. The van der Waals surface area contributed by atoms with Crippen molar-refractivity contribution in [2.45, 2.75) is 38.8 Å². The number of rotatable bonds is 6. The molecule has 172 valence electrons. The first-order valence-electron chi connectivity index (χ1n) is 10.3. The van der Waals surface area contributed by atoms with E-state index >= 15 is 0 Å². The molecular weight excluding hydrogens is 445 g/mol. The lowest BCUT2D eigenvalue weighted by molar-refractivity contribution is -0.0696. The Morgan fingerprint density at radius 2 is 1.36 bits per heavy atom. The molecule has 0 fully saturated rings. The van der Waals surface area contributed by atoms with Gasteiger partial charge in [-0.1, -0.05) is 43.9 Å². The molecule has 3 rings (SSSR count). The van der Waals surface area contributed by atoms with Crippen LogP contribution in [0.15, 0.2) is 48.5 Å². The van der Waals surface area contributed by atoms with E-state index in [4.69, 9.17) is 0 Å². The number of alkyl halides is 3. The molecule has 0 bridgehead atoms. The average Bonchev–Trinajstić information content (AvgIpc) is 2.72. The Morgan fingerprint density at radius 3 is 1.94 bits per heavy atom. The summed E-state index contributed by atoms with van der Waals surface area (Å²) in [6.07, 6.45) is -1.53. The van der Waals surface area contributed by atoms with E-state index in [1.807, 2.05) is 6.92 Å². The molecule has 0 nitrogen and oxygen atoms in total. The van der Waals surface area contributed by atoms with Gasteiger partial charge in [-0.15, -0.1) is 0 Å². The fourth-order valence-electron chi connectivity index (χ4n) is 3.45. The lowest BCUT2D eigenvalue weighted by atomic mass is 9.96. The van der Waals surface area contributed by atoms with Gasteiger partial charge in [-0.25, -0.2) is 17.6 Å². The highest BCUT2D eigenvalue weighted by molar-refractivity contribution is 5.72. The van der Waals surface area contributed by atoms with Crippen molar-refractivity contribution >= 4 is 0 Å². The van der Waals surface area contributed by atoms with Crippen LogP contribution in [0.5, 0.6) is 0 Å². The number of hydrogen-bond donors (Lipinski definition) is 0. The maximum atomic E-state index is 14.8. The van der Waals surface area contributed by atoms with Gasteiger partial charge in [0.05, 0.1) is 11.1 Å². The molecule has 0 saturated heterocycles. The number of benzene rings is 3. The van der Waals surface area contributed by atoms with Gasteiger partial charge in [0.2, 0.25) is 0 Å². The van der Waals surface area contributed by atoms with E-state index < -0.39 is 35.0 Å². The zero-order valence-corrected chi connectivity index (χ0v) is 17.6. The van der Waals surface area contributed by atoms with E-state index in [9.17, 15) is 30.7 Å². The fourth-order valence-corrected chi connectivity index (χ4v) is 3.45. The van der Waals surface area contributed by atoms with Crippen LogP contribution in [-0.2, 0) is 6.42 Å². The van der Waals surface area contributed by atoms with Gasteiger partial charge in [-0.05, 0) is 59.9 Å². The minimum absolute atomic E-state index is 0.0282. The van der Waals surface area contributed by atoms with Gasteiger partial charge in [0.1, 0.15) is 23.3 Å². The molecule has 0 aliphatic rings. The van der Waals surface area contributed by atoms with E-state index in [-0.39, 0.29) is 22.3 Å². The van der Waals surface area contributed by atoms with Crippen LogP contribution in [0, 0.1) is 35.1 Å². The van der Waals surface area contributed by atoms with Crippen LogP contribution < -0.4 is 0 Å². The number of aryl methyl sites for hydroxylation is 1. The van der Waals surface area contributed by atoms with Gasteiger partial charge in [-0.3, -0.25) is 0 Å². The molecule has 0 N–H and O–H groups in total. The third-order valence-electron chi connectivity index (χ3n) is 5.05. The standard InChI is InChI=1S/C26H19F7/c1-2-3-4-5-16-12-23(29)25(24(30)13-16)19-8-9-20(22(28)15-19)18-7-6-17(21(27)14-18)10-11-26(31,32)33/h6-9,12-15H,2-5H2,1H3. The Balaban J connectivity index is 1.90. The maximum absolute atomic E-state index is 14.8. The topological polar surface area (TPSA) is 0 Å². The van der Waals surface area contributed by atoms with Crippen LogP contribution in [0.25, 0.3) is 22.3 Å². The van der Waals surface area contributed by atoms with E-state index in [2.05, 4.69) is 0 Å². The first-order valence-corrected chi connectivity index (χ1v) is 10.3. The van der Waals surface area contributed by atoms with Crippen molar-refractivity contribution in [1.82, 2.24) is 0 Å². The molecule has 0 aliphatic heterocycles. The first kappa shape index (κ1) is 24.4.